The smallest absolute Gasteiger partial charge is 0.227 e. The van der Waals surface area contributed by atoms with Crippen LogP contribution in [0.5, 0.6) is 0 Å². The number of fused-ring (bicyclic) bond motifs is 1. The fraction of sp³-hybridized carbons (Fsp3) is 0.500. The van der Waals surface area contributed by atoms with Gasteiger partial charge in [0.1, 0.15) is 0 Å². The maximum atomic E-state index is 11.6. The number of likely N-dealkylation sites (N-methyl/N-ethyl adjacent to an activating group) is 1. The first-order chi connectivity index (χ1) is 10.7. The van der Waals surface area contributed by atoms with Gasteiger partial charge in [-0.05, 0) is 42.6 Å². The number of hydrogen-bond donors (Lipinski definition) is 0. The van der Waals surface area contributed by atoms with Gasteiger partial charge in [0.2, 0.25) is 5.91 Å². The van der Waals surface area contributed by atoms with Crippen molar-refractivity contribution in [3.8, 4) is 0 Å². The molecule has 0 saturated carbocycles. The Morgan fingerprint density at radius 3 is 3.00 bits per heavy atom. The molecule has 1 aliphatic rings. The fourth-order valence-corrected chi connectivity index (χ4v) is 3.29. The van der Waals surface area contributed by atoms with Crippen molar-refractivity contribution in [2.45, 2.75) is 20.3 Å². The molecule has 1 atom stereocenters. The summed E-state index contributed by atoms with van der Waals surface area (Å²) in [4.78, 5) is 14.0. The van der Waals surface area contributed by atoms with Gasteiger partial charge in [0.25, 0.3) is 0 Å². The molecule has 0 aliphatic carbocycles. The molecule has 2 aromatic rings. The summed E-state index contributed by atoms with van der Waals surface area (Å²) in [5.41, 5.74) is 2.31. The normalized spacial score (nSPS) is 20.2. The second-order valence-electron chi connectivity index (χ2n) is 6.14. The third-order valence-corrected chi connectivity index (χ3v) is 4.49. The highest BCUT2D eigenvalue weighted by atomic mass is 16.5. The molecule has 0 radical (unpaired) electrons. The van der Waals surface area contributed by atoms with Gasteiger partial charge in [-0.1, -0.05) is 13.0 Å². The van der Waals surface area contributed by atoms with Crippen LogP contribution in [0, 0.1) is 5.92 Å². The summed E-state index contributed by atoms with van der Waals surface area (Å²) in [6.45, 7) is 8.69. The second kappa shape index (κ2) is 6.63. The van der Waals surface area contributed by atoms with E-state index in [4.69, 9.17) is 4.74 Å². The molecule has 2 heterocycles. The number of hydrogen-bond acceptors (Lipinski definition) is 3. The first kappa shape index (κ1) is 15.3. The predicted molar refractivity (Wildman–Crippen MR) is 88.4 cm³/mol. The van der Waals surface area contributed by atoms with Crippen LogP contribution in [0.2, 0.25) is 0 Å². The highest BCUT2D eigenvalue weighted by Gasteiger charge is 2.18. The maximum Gasteiger partial charge on any atom is 0.227 e. The lowest BCUT2D eigenvalue weighted by molar-refractivity contribution is 0.0941. The van der Waals surface area contributed by atoms with E-state index in [2.05, 4.69) is 30.0 Å². The Labute approximate surface area is 131 Å². The Morgan fingerprint density at radius 2 is 2.23 bits per heavy atom. The first-order valence-electron chi connectivity index (χ1n) is 8.08. The molecule has 0 N–H and O–H groups in total. The SMILES string of the molecule is CCN1CCOCC(Cc2ccc3c(ccn3C(C)=O)c2)C1. The molecule has 4 nitrogen and oxygen atoms in total. The molecule has 1 saturated heterocycles. The van der Waals surface area contributed by atoms with Crippen LogP contribution in [0.1, 0.15) is 24.2 Å². The molecule has 118 valence electrons. The molecular weight excluding hydrogens is 276 g/mol. The Bertz CT molecular complexity index is 662. The van der Waals surface area contributed by atoms with E-state index in [1.165, 1.54) is 5.56 Å². The van der Waals surface area contributed by atoms with E-state index in [0.29, 0.717) is 5.92 Å². The number of ether oxygens (including phenoxy) is 1. The molecule has 1 unspecified atom stereocenters. The summed E-state index contributed by atoms with van der Waals surface area (Å²) in [5, 5.41) is 1.13. The van der Waals surface area contributed by atoms with Crippen molar-refractivity contribution in [2.24, 2.45) is 5.92 Å². The van der Waals surface area contributed by atoms with Gasteiger partial charge in [-0.2, -0.15) is 0 Å². The molecule has 1 aliphatic heterocycles. The van der Waals surface area contributed by atoms with Gasteiger partial charge >= 0.3 is 0 Å². The van der Waals surface area contributed by atoms with Crippen LogP contribution in [-0.2, 0) is 11.2 Å². The van der Waals surface area contributed by atoms with Crippen molar-refractivity contribution in [1.82, 2.24) is 9.47 Å². The second-order valence-corrected chi connectivity index (χ2v) is 6.14. The van der Waals surface area contributed by atoms with E-state index in [1.54, 1.807) is 11.5 Å². The highest BCUT2D eigenvalue weighted by Crippen LogP contribution is 2.21. The Hall–Kier alpha value is -1.65. The van der Waals surface area contributed by atoms with Crippen LogP contribution in [0.25, 0.3) is 10.9 Å². The zero-order valence-corrected chi connectivity index (χ0v) is 13.4. The zero-order valence-electron chi connectivity index (χ0n) is 13.4. The lowest BCUT2D eigenvalue weighted by atomic mass is 9.98. The van der Waals surface area contributed by atoms with Crippen LogP contribution in [0.3, 0.4) is 0 Å². The van der Waals surface area contributed by atoms with Crippen molar-refractivity contribution in [2.75, 3.05) is 32.8 Å². The summed E-state index contributed by atoms with van der Waals surface area (Å²) >= 11 is 0. The Balaban J connectivity index is 1.77. The lowest BCUT2D eigenvalue weighted by Crippen LogP contribution is -2.30. The molecule has 0 amide bonds. The van der Waals surface area contributed by atoms with Crippen molar-refractivity contribution < 1.29 is 9.53 Å². The van der Waals surface area contributed by atoms with Gasteiger partial charge < -0.3 is 9.64 Å². The summed E-state index contributed by atoms with van der Waals surface area (Å²) in [7, 11) is 0. The molecule has 0 spiro atoms. The van der Waals surface area contributed by atoms with Crippen LogP contribution in [-0.4, -0.2) is 48.2 Å². The number of rotatable bonds is 3. The fourth-order valence-electron chi connectivity index (χ4n) is 3.29. The average Bonchev–Trinajstić information content (AvgIpc) is 2.79. The first-order valence-corrected chi connectivity index (χ1v) is 8.08. The van der Waals surface area contributed by atoms with E-state index >= 15 is 0 Å². The highest BCUT2D eigenvalue weighted by molar-refractivity contribution is 5.91. The minimum atomic E-state index is 0.0542. The minimum Gasteiger partial charge on any atom is -0.380 e. The molecule has 1 aromatic carbocycles. The summed E-state index contributed by atoms with van der Waals surface area (Å²) in [6.07, 6.45) is 2.88. The number of carbonyl (C=O) groups excluding carboxylic acids is 1. The largest absolute Gasteiger partial charge is 0.380 e. The summed E-state index contributed by atoms with van der Waals surface area (Å²) < 4.78 is 7.45. The van der Waals surface area contributed by atoms with E-state index in [1.807, 2.05) is 12.3 Å². The topological polar surface area (TPSA) is 34.5 Å². The van der Waals surface area contributed by atoms with Gasteiger partial charge in [0.05, 0.1) is 18.7 Å². The Kier molecular flexibility index (Phi) is 4.60. The van der Waals surface area contributed by atoms with Crippen molar-refractivity contribution in [3.05, 3.63) is 36.0 Å². The summed E-state index contributed by atoms with van der Waals surface area (Å²) in [5.74, 6) is 0.591. The third-order valence-electron chi connectivity index (χ3n) is 4.49. The molecule has 4 heteroatoms. The standard InChI is InChI=1S/C18H24N2O2/c1-3-19-8-9-22-13-16(12-19)10-15-4-5-18-17(11-15)6-7-20(18)14(2)21/h4-7,11,16H,3,8-10,12-13H2,1-2H3. The van der Waals surface area contributed by atoms with E-state index < -0.39 is 0 Å². The lowest BCUT2D eigenvalue weighted by Gasteiger charge is -2.21. The zero-order chi connectivity index (χ0) is 15.5. The number of nitrogens with zero attached hydrogens (tertiary/aromatic N) is 2. The molecule has 3 rings (SSSR count). The van der Waals surface area contributed by atoms with E-state index in [0.717, 1.165) is 50.2 Å². The van der Waals surface area contributed by atoms with Crippen LogP contribution < -0.4 is 0 Å². The Morgan fingerprint density at radius 1 is 1.36 bits per heavy atom. The van der Waals surface area contributed by atoms with Gasteiger partial charge in [-0.15, -0.1) is 0 Å². The van der Waals surface area contributed by atoms with Gasteiger partial charge in [-0.25, -0.2) is 0 Å². The number of aromatic nitrogens is 1. The van der Waals surface area contributed by atoms with Gasteiger partial charge in [0, 0.05) is 31.6 Å². The third kappa shape index (κ3) is 3.23. The number of carbonyl (C=O) groups is 1. The van der Waals surface area contributed by atoms with Crippen LogP contribution in [0.15, 0.2) is 30.5 Å². The van der Waals surface area contributed by atoms with Crippen LogP contribution >= 0.6 is 0 Å². The molecule has 1 aromatic heterocycles. The average molecular weight is 300 g/mol. The quantitative estimate of drug-likeness (QED) is 0.874. The van der Waals surface area contributed by atoms with Crippen molar-refractivity contribution >= 4 is 16.8 Å². The molecule has 22 heavy (non-hydrogen) atoms. The molecular formula is C18H24N2O2. The van der Waals surface area contributed by atoms with E-state index in [9.17, 15) is 4.79 Å². The molecule has 1 fully saturated rings. The van der Waals surface area contributed by atoms with Gasteiger partial charge in [-0.3, -0.25) is 9.36 Å². The molecule has 0 bridgehead atoms. The monoisotopic (exact) mass is 300 g/mol. The van der Waals surface area contributed by atoms with Crippen molar-refractivity contribution in [1.29, 1.82) is 0 Å². The number of benzene rings is 1. The van der Waals surface area contributed by atoms with Crippen molar-refractivity contribution in [3.63, 3.8) is 0 Å². The minimum absolute atomic E-state index is 0.0542. The predicted octanol–water partition coefficient (Wildman–Crippen LogP) is 2.81. The van der Waals surface area contributed by atoms with Crippen LogP contribution in [0.4, 0.5) is 0 Å². The van der Waals surface area contributed by atoms with E-state index in [-0.39, 0.29) is 5.91 Å². The summed E-state index contributed by atoms with van der Waals surface area (Å²) in [6, 6.07) is 8.42. The maximum absolute atomic E-state index is 11.6. The van der Waals surface area contributed by atoms with Gasteiger partial charge in [0.15, 0.2) is 0 Å².